The van der Waals surface area contributed by atoms with E-state index in [1.807, 2.05) is 36.4 Å². The van der Waals surface area contributed by atoms with Crippen LogP contribution in [0.4, 0.5) is 0 Å². The van der Waals surface area contributed by atoms with Crippen LogP contribution in [0.3, 0.4) is 0 Å². The Balaban J connectivity index is 1.38. The van der Waals surface area contributed by atoms with Gasteiger partial charge >= 0.3 is 0 Å². The van der Waals surface area contributed by atoms with Gasteiger partial charge < -0.3 is 4.90 Å². The predicted molar refractivity (Wildman–Crippen MR) is 151 cm³/mol. The number of rotatable bonds is 10. The Kier molecular flexibility index (Phi) is 9.24. The molecular weight excluding hydrogens is 458 g/mol. The number of likely N-dealkylation sites (N-methyl/N-ethyl adjacent to an activating group) is 1. The number of Topliss-reactive ketones (excluding diaryl/α,β-unsaturated/α-hetero) is 1. The normalized spacial score (nSPS) is 15.0. The summed E-state index contributed by atoms with van der Waals surface area (Å²) in [6.45, 7) is 10.8. The quantitative estimate of drug-likeness (QED) is 0.231. The van der Waals surface area contributed by atoms with E-state index in [0.717, 1.165) is 66.5 Å². The van der Waals surface area contributed by atoms with E-state index in [2.05, 4.69) is 69.7 Å². The number of aliphatic imine (C=N–C) groups is 1. The van der Waals surface area contributed by atoms with Crippen molar-refractivity contribution in [1.82, 2.24) is 19.8 Å². The van der Waals surface area contributed by atoms with Crippen LogP contribution in [0.15, 0.2) is 78.1 Å². The highest BCUT2D eigenvalue weighted by atomic mass is 16.1. The minimum absolute atomic E-state index is 0.131. The molecule has 2 aromatic carbocycles. The topological polar surface area (TPSA) is 61.7 Å². The van der Waals surface area contributed by atoms with E-state index in [1.165, 1.54) is 5.56 Å². The molecule has 1 aliphatic rings. The first kappa shape index (κ1) is 26.3. The lowest BCUT2D eigenvalue weighted by atomic mass is 9.97. The number of aryl methyl sites for hydroxylation is 1. The summed E-state index contributed by atoms with van der Waals surface area (Å²) in [7, 11) is 2.17. The monoisotopic (exact) mass is 493 g/mol. The van der Waals surface area contributed by atoms with Crippen molar-refractivity contribution in [3.63, 3.8) is 0 Å². The van der Waals surface area contributed by atoms with E-state index in [9.17, 15) is 4.79 Å². The van der Waals surface area contributed by atoms with Crippen LogP contribution in [-0.2, 0) is 19.4 Å². The Hall–Kier alpha value is -3.74. The lowest BCUT2D eigenvalue weighted by molar-refractivity contribution is 0.0993. The number of benzene rings is 2. The van der Waals surface area contributed by atoms with Gasteiger partial charge in [0.1, 0.15) is 5.82 Å². The zero-order valence-electron chi connectivity index (χ0n) is 21.8. The highest BCUT2D eigenvalue weighted by Gasteiger charge is 2.15. The van der Waals surface area contributed by atoms with Crippen LogP contribution in [0.1, 0.15) is 44.1 Å². The number of carbonyl (C=O) groups excluding carboxylic acids is 1. The van der Waals surface area contributed by atoms with Crippen LogP contribution in [0.2, 0.25) is 0 Å². The highest BCUT2D eigenvalue weighted by Crippen LogP contribution is 2.17. The van der Waals surface area contributed by atoms with Crippen molar-refractivity contribution in [2.24, 2.45) is 4.99 Å². The SMILES string of the molecule is C=N/C=C\C=C\c1ccnc(Cc2cc(CC(=O)c3ccc(CN4CCN(C)CC4)cc3)ccc2C)n1. The Morgan fingerprint density at radius 1 is 1.03 bits per heavy atom. The first-order valence-corrected chi connectivity index (χ1v) is 12.7. The fourth-order valence-corrected chi connectivity index (χ4v) is 4.40. The number of allylic oxidation sites excluding steroid dienone is 2. The molecule has 0 spiro atoms. The number of hydrogen-bond acceptors (Lipinski definition) is 6. The maximum atomic E-state index is 13.0. The molecule has 0 radical (unpaired) electrons. The third kappa shape index (κ3) is 7.87. The third-order valence-electron chi connectivity index (χ3n) is 6.70. The molecule has 1 saturated heterocycles. The van der Waals surface area contributed by atoms with Gasteiger partial charge in [0.05, 0.1) is 5.69 Å². The zero-order chi connectivity index (χ0) is 26.0. The second-order valence-electron chi connectivity index (χ2n) is 9.59. The molecular formula is C31H35N5O. The number of hydrogen-bond donors (Lipinski definition) is 0. The maximum absolute atomic E-state index is 13.0. The van der Waals surface area contributed by atoms with Crippen LogP contribution >= 0.6 is 0 Å². The van der Waals surface area contributed by atoms with Crippen LogP contribution in [0.5, 0.6) is 0 Å². The Morgan fingerprint density at radius 2 is 1.78 bits per heavy atom. The van der Waals surface area contributed by atoms with Crippen molar-refractivity contribution in [3.8, 4) is 0 Å². The maximum Gasteiger partial charge on any atom is 0.167 e. The number of aromatic nitrogens is 2. The van der Waals surface area contributed by atoms with E-state index < -0.39 is 0 Å². The summed E-state index contributed by atoms with van der Waals surface area (Å²) in [6.07, 6.45) is 9.97. The molecule has 0 atom stereocenters. The Morgan fingerprint density at radius 3 is 2.54 bits per heavy atom. The van der Waals surface area contributed by atoms with Crippen molar-refractivity contribution >= 4 is 18.6 Å². The summed E-state index contributed by atoms with van der Waals surface area (Å²) in [5.41, 5.74) is 6.14. The van der Waals surface area contributed by atoms with Crippen molar-refractivity contribution in [1.29, 1.82) is 0 Å². The van der Waals surface area contributed by atoms with Crippen molar-refractivity contribution in [2.75, 3.05) is 33.2 Å². The van der Waals surface area contributed by atoms with Crippen molar-refractivity contribution in [2.45, 2.75) is 26.3 Å². The molecule has 190 valence electrons. The third-order valence-corrected chi connectivity index (χ3v) is 6.70. The molecule has 4 rings (SSSR count). The predicted octanol–water partition coefficient (Wildman–Crippen LogP) is 4.78. The van der Waals surface area contributed by atoms with Gasteiger partial charge in [-0.05, 0) is 61.2 Å². The zero-order valence-corrected chi connectivity index (χ0v) is 21.8. The molecule has 1 aliphatic heterocycles. The number of nitrogens with zero attached hydrogens (tertiary/aromatic N) is 5. The molecule has 0 aliphatic carbocycles. The van der Waals surface area contributed by atoms with Gasteiger partial charge in [-0.1, -0.05) is 48.5 Å². The van der Waals surface area contributed by atoms with Crippen LogP contribution < -0.4 is 0 Å². The number of piperazine rings is 1. The van der Waals surface area contributed by atoms with E-state index in [0.29, 0.717) is 12.8 Å². The second-order valence-corrected chi connectivity index (χ2v) is 9.59. The number of ketones is 1. The molecule has 0 saturated carbocycles. The van der Waals surface area contributed by atoms with E-state index in [-0.39, 0.29) is 5.78 Å². The smallest absolute Gasteiger partial charge is 0.167 e. The minimum atomic E-state index is 0.131. The molecule has 2 heterocycles. The summed E-state index contributed by atoms with van der Waals surface area (Å²) in [5.74, 6) is 0.877. The largest absolute Gasteiger partial charge is 0.304 e. The van der Waals surface area contributed by atoms with Crippen LogP contribution in [-0.4, -0.2) is 65.5 Å². The molecule has 3 aromatic rings. The molecule has 6 nitrogen and oxygen atoms in total. The van der Waals surface area contributed by atoms with Crippen molar-refractivity contribution in [3.05, 3.63) is 112 Å². The number of carbonyl (C=O) groups is 1. The van der Waals surface area contributed by atoms with Crippen LogP contribution in [0.25, 0.3) is 6.08 Å². The van der Waals surface area contributed by atoms with Gasteiger partial charge in [0.25, 0.3) is 0 Å². The molecule has 1 fully saturated rings. The molecule has 0 amide bonds. The molecule has 0 unspecified atom stereocenters. The van der Waals surface area contributed by atoms with Gasteiger partial charge in [0.15, 0.2) is 5.78 Å². The van der Waals surface area contributed by atoms with E-state index in [4.69, 9.17) is 0 Å². The molecule has 0 bridgehead atoms. The second kappa shape index (κ2) is 13.0. The Labute approximate surface area is 220 Å². The summed E-state index contributed by atoms with van der Waals surface area (Å²) < 4.78 is 0. The minimum Gasteiger partial charge on any atom is -0.304 e. The fraction of sp³-hybridized carbons (Fsp3) is 0.290. The van der Waals surface area contributed by atoms with Gasteiger partial charge in [-0.2, -0.15) is 0 Å². The van der Waals surface area contributed by atoms with Gasteiger partial charge in [0.2, 0.25) is 0 Å². The Bertz CT molecular complexity index is 1270. The van der Waals surface area contributed by atoms with Gasteiger partial charge in [-0.3, -0.25) is 14.7 Å². The van der Waals surface area contributed by atoms with Gasteiger partial charge in [-0.15, -0.1) is 0 Å². The van der Waals surface area contributed by atoms with Gasteiger partial charge in [-0.25, -0.2) is 9.97 Å². The highest BCUT2D eigenvalue weighted by molar-refractivity contribution is 5.97. The van der Waals surface area contributed by atoms with Gasteiger partial charge in [0, 0.05) is 63.5 Å². The van der Waals surface area contributed by atoms with E-state index >= 15 is 0 Å². The standard InChI is InChI=1S/C31H35N5O/c1-24-7-8-26(20-28(24)22-31-33-15-13-29(34-31)6-4-5-14-32-2)21-30(37)27-11-9-25(10-12-27)23-36-18-16-35(3)17-19-36/h4-15,20H,2,16-19,21-23H2,1,3H3/b6-4+,14-5-. The van der Waals surface area contributed by atoms with Crippen LogP contribution in [0, 0.1) is 6.92 Å². The molecule has 1 aromatic heterocycles. The first-order chi connectivity index (χ1) is 18.0. The fourth-order valence-electron chi connectivity index (χ4n) is 4.40. The summed E-state index contributed by atoms with van der Waals surface area (Å²) in [6, 6.07) is 16.2. The summed E-state index contributed by atoms with van der Waals surface area (Å²) in [4.78, 5) is 30.6. The molecule has 37 heavy (non-hydrogen) atoms. The lowest BCUT2D eigenvalue weighted by Crippen LogP contribution is -2.43. The van der Waals surface area contributed by atoms with Crippen molar-refractivity contribution < 1.29 is 4.79 Å². The average Bonchev–Trinajstić information content (AvgIpc) is 2.90. The lowest BCUT2D eigenvalue weighted by Gasteiger charge is -2.32. The summed E-state index contributed by atoms with van der Waals surface area (Å²) in [5, 5.41) is 0. The first-order valence-electron chi connectivity index (χ1n) is 12.7. The van der Waals surface area contributed by atoms with E-state index in [1.54, 1.807) is 18.5 Å². The molecule has 6 heteroatoms. The summed E-state index contributed by atoms with van der Waals surface area (Å²) >= 11 is 0. The average molecular weight is 494 g/mol. The molecule has 0 N–H and O–H groups in total.